The number of aromatic hydroxyl groups is 1. The molecule has 0 unspecified atom stereocenters. The molecule has 0 aliphatic carbocycles. The Morgan fingerprint density at radius 2 is 1.88 bits per heavy atom. The highest BCUT2D eigenvalue weighted by Gasteiger charge is 2.11. The average molecular weight is 220 g/mol. The van der Waals surface area contributed by atoms with Gasteiger partial charge in [-0.25, -0.2) is 4.79 Å². The number of H-pyrrole nitrogens is 1. The first-order valence-corrected chi connectivity index (χ1v) is 4.42. The van der Waals surface area contributed by atoms with Gasteiger partial charge in [-0.2, -0.15) is 0 Å². The third-order valence-electron chi connectivity index (χ3n) is 2.08. The third-order valence-corrected chi connectivity index (χ3v) is 2.08. The van der Waals surface area contributed by atoms with Crippen LogP contribution < -0.4 is 5.56 Å². The number of aromatic amines is 1. The van der Waals surface area contributed by atoms with E-state index >= 15 is 0 Å². The van der Waals surface area contributed by atoms with E-state index in [1.807, 2.05) is 0 Å². The molecule has 16 heavy (non-hydrogen) atoms. The van der Waals surface area contributed by atoms with Crippen LogP contribution in [-0.2, 0) is 0 Å². The fraction of sp³-hybridized carbons (Fsp3) is 0. The molecule has 1 aromatic heterocycles. The van der Waals surface area contributed by atoms with Gasteiger partial charge in [0, 0.05) is 6.20 Å². The van der Waals surface area contributed by atoms with Crippen molar-refractivity contribution in [1.29, 1.82) is 0 Å². The van der Waals surface area contributed by atoms with Crippen molar-refractivity contribution in [3.05, 3.63) is 46.4 Å². The molecule has 0 bridgehead atoms. The molecule has 3 N–H and O–H groups in total. The van der Waals surface area contributed by atoms with Crippen LogP contribution in [0.5, 0.6) is 5.75 Å². The van der Waals surface area contributed by atoms with Crippen molar-refractivity contribution in [1.82, 2.24) is 9.78 Å². The van der Waals surface area contributed by atoms with E-state index in [4.69, 9.17) is 10.2 Å². The van der Waals surface area contributed by atoms with E-state index in [0.717, 1.165) is 0 Å². The van der Waals surface area contributed by atoms with E-state index in [1.54, 1.807) is 12.1 Å². The molecule has 2 aromatic rings. The lowest BCUT2D eigenvalue weighted by molar-refractivity contribution is 0.0695. The van der Waals surface area contributed by atoms with Crippen molar-refractivity contribution in [2.45, 2.75) is 0 Å². The number of hydrogen-bond acceptors (Lipinski definition) is 3. The van der Waals surface area contributed by atoms with E-state index in [9.17, 15) is 9.59 Å². The SMILES string of the molecule is O=C(O)c1cn(-c2ccc(O)cc2)[nH]c1=O. The molecule has 0 radical (unpaired) electrons. The predicted molar refractivity (Wildman–Crippen MR) is 55.0 cm³/mol. The number of aromatic nitrogens is 2. The van der Waals surface area contributed by atoms with Crippen molar-refractivity contribution in [2.24, 2.45) is 0 Å². The molecule has 0 aliphatic heterocycles. The Bertz CT molecular complexity index is 580. The highest BCUT2D eigenvalue weighted by atomic mass is 16.4. The molecule has 2 rings (SSSR count). The quantitative estimate of drug-likeness (QED) is 0.689. The van der Waals surface area contributed by atoms with E-state index in [0.29, 0.717) is 5.69 Å². The van der Waals surface area contributed by atoms with Gasteiger partial charge in [-0.3, -0.25) is 14.6 Å². The first-order chi connectivity index (χ1) is 7.58. The molecule has 0 saturated carbocycles. The first kappa shape index (κ1) is 10.0. The second-order valence-electron chi connectivity index (χ2n) is 3.18. The van der Waals surface area contributed by atoms with Crippen LogP contribution in [0, 0.1) is 0 Å². The van der Waals surface area contributed by atoms with Gasteiger partial charge in [0.2, 0.25) is 0 Å². The summed E-state index contributed by atoms with van der Waals surface area (Å²) in [5.41, 5.74) is -0.434. The minimum atomic E-state index is -1.28. The number of benzene rings is 1. The number of phenols is 1. The standard InChI is InChI=1S/C10H8N2O4/c13-7-3-1-6(2-4-7)12-5-8(10(15)16)9(14)11-12/h1-5,13H,(H,11,14)(H,15,16). The number of carbonyl (C=O) groups is 1. The summed E-state index contributed by atoms with van der Waals surface area (Å²) in [7, 11) is 0. The van der Waals surface area contributed by atoms with Gasteiger partial charge in [0.05, 0.1) is 5.69 Å². The van der Waals surface area contributed by atoms with Crippen molar-refractivity contribution in [3.63, 3.8) is 0 Å². The van der Waals surface area contributed by atoms with Crippen molar-refractivity contribution in [3.8, 4) is 11.4 Å². The predicted octanol–water partition coefficient (Wildman–Crippen LogP) is 0.569. The fourth-order valence-corrected chi connectivity index (χ4v) is 1.29. The Kier molecular flexibility index (Phi) is 2.24. The number of rotatable bonds is 2. The lowest BCUT2D eigenvalue weighted by Crippen LogP contribution is -2.11. The summed E-state index contributed by atoms with van der Waals surface area (Å²) in [6.07, 6.45) is 1.19. The molecular weight excluding hydrogens is 212 g/mol. The zero-order chi connectivity index (χ0) is 11.7. The molecule has 0 atom stereocenters. The summed E-state index contributed by atoms with van der Waals surface area (Å²) in [5.74, 6) is -1.18. The molecule has 0 fully saturated rings. The summed E-state index contributed by atoms with van der Waals surface area (Å²) < 4.78 is 1.28. The largest absolute Gasteiger partial charge is 0.508 e. The van der Waals surface area contributed by atoms with Crippen molar-refractivity contribution >= 4 is 5.97 Å². The van der Waals surface area contributed by atoms with Gasteiger partial charge >= 0.3 is 5.97 Å². The summed E-state index contributed by atoms with van der Waals surface area (Å²) in [6, 6.07) is 5.98. The van der Waals surface area contributed by atoms with Crippen LogP contribution in [0.4, 0.5) is 0 Å². The summed E-state index contributed by atoms with van der Waals surface area (Å²) >= 11 is 0. The zero-order valence-electron chi connectivity index (χ0n) is 8.04. The topological polar surface area (TPSA) is 95.3 Å². The molecular formula is C10H8N2O4. The molecule has 6 heteroatoms. The molecule has 0 saturated heterocycles. The van der Waals surface area contributed by atoms with Crippen LogP contribution >= 0.6 is 0 Å². The normalized spacial score (nSPS) is 10.2. The van der Waals surface area contributed by atoms with Gasteiger partial charge in [0.1, 0.15) is 11.3 Å². The molecule has 0 spiro atoms. The highest BCUT2D eigenvalue weighted by Crippen LogP contribution is 2.12. The summed E-state index contributed by atoms with van der Waals surface area (Å²) in [4.78, 5) is 21.9. The van der Waals surface area contributed by atoms with Gasteiger partial charge in [0.15, 0.2) is 0 Å². The van der Waals surface area contributed by atoms with Crippen molar-refractivity contribution in [2.75, 3.05) is 0 Å². The van der Waals surface area contributed by atoms with Gasteiger partial charge in [-0.1, -0.05) is 0 Å². The first-order valence-electron chi connectivity index (χ1n) is 4.42. The second kappa shape index (κ2) is 3.58. The fourth-order valence-electron chi connectivity index (χ4n) is 1.29. The lowest BCUT2D eigenvalue weighted by atomic mass is 10.3. The number of nitrogens with one attached hydrogen (secondary N) is 1. The Morgan fingerprint density at radius 3 is 2.38 bits per heavy atom. The number of carboxylic acid groups (broad SMARTS) is 1. The maximum absolute atomic E-state index is 11.2. The number of hydrogen-bond donors (Lipinski definition) is 3. The molecule has 82 valence electrons. The minimum Gasteiger partial charge on any atom is -0.508 e. The smallest absolute Gasteiger partial charge is 0.342 e. The molecule has 0 amide bonds. The van der Waals surface area contributed by atoms with E-state index in [-0.39, 0.29) is 11.3 Å². The van der Waals surface area contributed by atoms with E-state index in [2.05, 4.69) is 5.10 Å². The van der Waals surface area contributed by atoms with Gasteiger partial charge in [-0.15, -0.1) is 0 Å². The van der Waals surface area contributed by atoms with Gasteiger partial charge in [-0.05, 0) is 24.3 Å². The average Bonchev–Trinajstić information content (AvgIpc) is 2.61. The maximum Gasteiger partial charge on any atom is 0.342 e. The Balaban J connectivity index is 2.49. The Labute approximate surface area is 89.4 Å². The third kappa shape index (κ3) is 1.68. The lowest BCUT2D eigenvalue weighted by Gasteiger charge is -2.00. The summed E-state index contributed by atoms with van der Waals surface area (Å²) in [5, 5.41) is 20.1. The van der Waals surface area contributed by atoms with Crippen LogP contribution in [0.1, 0.15) is 10.4 Å². The highest BCUT2D eigenvalue weighted by molar-refractivity contribution is 5.86. The van der Waals surface area contributed by atoms with Crippen LogP contribution in [0.3, 0.4) is 0 Å². The molecule has 6 nitrogen and oxygen atoms in total. The molecule has 1 heterocycles. The summed E-state index contributed by atoms with van der Waals surface area (Å²) in [6.45, 7) is 0. The monoisotopic (exact) mass is 220 g/mol. The van der Waals surface area contributed by atoms with Crippen LogP contribution in [-0.4, -0.2) is 26.0 Å². The van der Waals surface area contributed by atoms with Crippen LogP contribution in [0.25, 0.3) is 5.69 Å². The number of aromatic carboxylic acids is 1. The van der Waals surface area contributed by atoms with Crippen LogP contribution in [0.2, 0.25) is 0 Å². The molecule has 1 aromatic carbocycles. The zero-order valence-corrected chi connectivity index (χ0v) is 8.04. The minimum absolute atomic E-state index is 0.0942. The van der Waals surface area contributed by atoms with E-state index < -0.39 is 11.5 Å². The van der Waals surface area contributed by atoms with Gasteiger partial charge in [0.25, 0.3) is 5.56 Å². The van der Waals surface area contributed by atoms with Gasteiger partial charge < -0.3 is 10.2 Å². The second-order valence-corrected chi connectivity index (χ2v) is 3.18. The van der Waals surface area contributed by atoms with E-state index in [1.165, 1.54) is 23.0 Å². The number of nitrogens with zero attached hydrogens (tertiary/aromatic N) is 1. The number of carboxylic acids is 1. The van der Waals surface area contributed by atoms with Crippen molar-refractivity contribution < 1.29 is 15.0 Å². The number of phenolic OH excluding ortho intramolecular Hbond substituents is 1. The maximum atomic E-state index is 11.2. The Morgan fingerprint density at radius 1 is 1.25 bits per heavy atom. The van der Waals surface area contributed by atoms with Crippen LogP contribution in [0.15, 0.2) is 35.3 Å². The Hall–Kier alpha value is -2.50. The molecule has 0 aliphatic rings.